The molecule has 0 unspecified atom stereocenters. The van der Waals surface area contributed by atoms with Gasteiger partial charge in [0.05, 0.1) is 6.10 Å². The number of hydrogen-bond acceptors (Lipinski definition) is 2. The SMILES string of the molecule is CC[C@H](C)NC1CCC(O)CC1. The van der Waals surface area contributed by atoms with Crippen LogP contribution < -0.4 is 5.32 Å². The first-order chi connectivity index (χ1) is 5.72. The van der Waals surface area contributed by atoms with Crippen LogP contribution in [0.1, 0.15) is 46.0 Å². The highest BCUT2D eigenvalue weighted by molar-refractivity contribution is 4.78. The summed E-state index contributed by atoms with van der Waals surface area (Å²) >= 11 is 0. The van der Waals surface area contributed by atoms with E-state index >= 15 is 0 Å². The van der Waals surface area contributed by atoms with Gasteiger partial charge in [0.15, 0.2) is 0 Å². The van der Waals surface area contributed by atoms with Crippen molar-refractivity contribution in [2.24, 2.45) is 0 Å². The van der Waals surface area contributed by atoms with Gasteiger partial charge in [0.2, 0.25) is 0 Å². The van der Waals surface area contributed by atoms with E-state index in [0.29, 0.717) is 12.1 Å². The van der Waals surface area contributed by atoms with Gasteiger partial charge in [-0.2, -0.15) is 0 Å². The minimum atomic E-state index is -0.0278. The van der Waals surface area contributed by atoms with Gasteiger partial charge in [-0.25, -0.2) is 0 Å². The molecule has 0 saturated heterocycles. The molecule has 0 aromatic carbocycles. The molecule has 2 N–H and O–H groups in total. The Kier molecular flexibility index (Phi) is 4.02. The van der Waals surface area contributed by atoms with Crippen molar-refractivity contribution in [3.05, 3.63) is 0 Å². The fourth-order valence-electron chi connectivity index (χ4n) is 1.76. The molecule has 2 heteroatoms. The third kappa shape index (κ3) is 3.11. The Morgan fingerprint density at radius 3 is 2.42 bits per heavy atom. The van der Waals surface area contributed by atoms with E-state index in [0.717, 1.165) is 25.7 Å². The summed E-state index contributed by atoms with van der Waals surface area (Å²) in [5.74, 6) is 0. The highest BCUT2D eigenvalue weighted by atomic mass is 16.3. The van der Waals surface area contributed by atoms with Crippen molar-refractivity contribution in [2.75, 3.05) is 0 Å². The van der Waals surface area contributed by atoms with Gasteiger partial charge in [-0.05, 0) is 39.0 Å². The molecular formula is C10H21NO. The summed E-state index contributed by atoms with van der Waals surface area (Å²) in [7, 11) is 0. The van der Waals surface area contributed by atoms with Crippen molar-refractivity contribution in [1.82, 2.24) is 5.32 Å². The lowest BCUT2D eigenvalue weighted by Gasteiger charge is -2.28. The third-order valence-corrected chi connectivity index (χ3v) is 2.83. The molecule has 0 amide bonds. The number of nitrogens with one attached hydrogen (secondary N) is 1. The van der Waals surface area contributed by atoms with E-state index in [1.807, 2.05) is 0 Å². The summed E-state index contributed by atoms with van der Waals surface area (Å²) < 4.78 is 0. The van der Waals surface area contributed by atoms with Gasteiger partial charge in [0, 0.05) is 12.1 Å². The molecule has 0 bridgehead atoms. The van der Waals surface area contributed by atoms with Gasteiger partial charge >= 0.3 is 0 Å². The molecule has 0 radical (unpaired) electrons. The minimum absolute atomic E-state index is 0.0278. The molecule has 1 aliphatic rings. The van der Waals surface area contributed by atoms with Gasteiger partial charge < -0.3 is 10.4 Å². The zero-order valence-corrected chi connectivity index (χ0v) is 8.21. The fourth-order valence-corrected chi connectivity index (χ4v) is 1.76. The van der Waals surface area contributed by atoms with E-state index in [1.54, 1.807) is 0 Å². The van der Waals surface area contributed by atoms with Gasteiger partial charge in [-0.3, -0.25) is 0 Å². The van der Waals surface area contributed by atoms with Crippen molar-refractivity contribution in [2.45, 2.75) is 64.1 Å². The maximum absolute atomic E-state index is 9.29. The lowest BCUT2D eigenvalue weighted by atomic mass is 9.92. The quantitative estimate of drug-likeness (QED) is 0.677. The zero-order chi connectivity index (χ0) is 8.97. The smallest absolute Gasteiger partial charge is 0.0541 e. The first kappa shape index (κ1) is 10.0. The van der Waals surface area contributed by atoms with Crippen molar-refractivity contribution >= 4 is 0 Å². The van der Waals surface area contributed by atoms with Crippen molar-refractivity contribution in [3.8, 4) is 0 Å². The van der Waals surface area contributed by atoms with Crippen LogP contribution in [0.3, 0.4) is 0 Å². The van der Waals surface area contributed by atoms with E-state index in [4.69, 9.17) is 0 Å². The molecule has 12 heavy (non-hydrogen) atoms. The summed E-state index contributed by atoms with van der Waals surface area (Å²) in [5, 5.41) is 12.9. The predicted molar refractivity (Wildman–Crippen MR) is 51.2 cm³/mol. The molecule has 2 nitrogen and oxygen atoms in total. The number of aliphatic hydroxyl groups is 1. The average Bonchev–Trinajstić information content (AvgIpc) is 2.09. The Balaban J connectivity index is 2.17. The summed E-state index contributed by atoms with van der Waals surface area (Å²) in [6.07, 6.45) is 5.41. The number of aliphatic hydroxyl groups excluding tert-OH is 1. The summed E-state index contributed by atoms with van der Waals surface area (Å²) in [4.78, 5) is 0. The van der Waals surface area contributed by atoms with Crippen LogP contribution in [0.15, 0.2) is 0 Å². The van der Waals surface area contributed by atoms with Crippen LogP contribution in [0, 0.1) is 0 Å². The topological polar surface area (TPSA) is 32.3 Å². The minimum Gasteiger partial charge on any atom is -0.393 e. The summed E-state index contributed by atoms with van der Waals surface area (Å²) in [6, 6.07) is 1.29. The van der Waals surface area contributed by atoms with Gasteiger partial charge in [-0.1, -0.05) is 6.92 Å². The van der Waals surface area contributed by atoms with E-state index in [-0.39, 0.29) is 6.10 Å². The van der Waals surface area contributed by atoms with Crippen molar-refractivity contribution in [1.29, 1.82) is 0 Å². The fraction of sp³-hybridized carbons (Fsp3) is 1.00. The van der Waals surface area contributed by atoms with Crippen LogP contribution in [0.4, 0.5) is 0 Å². The molecule has 1 atom stereocenters. The molecule has 1 fully saturated rings. The molecule has 1 aliphatic carbocycles. The molecule has 0 aromatic rings. The second-order valence-electron chi connectivity index (χ2n) is 3.98. The molecule has 0 aromatic heterocycles. The average molecular weight is 171 g/mol. The van der Waals surface area contributed by atoms with Gasteiger partial charge in [0.25, 0.3) is 0 Å². The van der Waals surface area contributed by atoms with Crippen LogP contribution in [0.5, 0.6) is 0 Å². The Morgan fingerprint density at radius 2 is 1.92 bits per heavy atom. The third-order valence-electron chi connectivity index (χ3n) is 2.83. The Hall–Kier alpha value is -0.0800. The van der Waals surface area contributed by atoms with Crippen LogP contribution in [-0.4, -0.2) is 23.3 Å². The van der Waals surface area contributed by atoms with Crippen LogP contribution in [-0.2, 0) is 0 Å². The first-order valence-corrected chi connectivity index (χ1v) is 5.16. The van der Waals surface area contributed by atoms with Crippen LogP contribution in [0.2, 0.25) is 0 Å². The van der Waals surface area contributed by atoms with Crippen LogP contribution >= 0.6 is 0 Å². The van der Waals surface area contributed by atoms with E-state index < -0.39 is 0 Å². The number of rotatable bonds is 3. The lowest BCUT2D eigenvalue weighted by molar-refractivity contribution is 0.114. The normalized spacial score (nSPS) is 33.2. The first-order valence-electron chi connectivity index (χ1n) is 5.16. The summed E-state index contributed by atoms with van der Waals surface area (Å²) in [6.45, 7) is 4.43. The maximum atomic E-state index is 9.29. The van der Waals surface area contributed by atoms with Gasteiger partial charge in [-0.15, -0.1) is 0 Å². The Morgan fingerprint density at radius 1 is 1.33 bits per heavy atom. The maximum Gasteiger partial charge on any atom is 0.0541 e. The molecule has 72 valence electrons. The Bertz CT molecular complexity index is 119. The molecule has 0 aliphatic heterocycles. The largest absolute Gasteiger partial charge is 0.393 e. The van der Waals surface area contributed by atoms with Crippen LogP contribution in [0.25, 0.3) is 0 Å². The second kappa shape index (κ2) is 4.83. The highest BCUT2D eigenvalue weighted by Crippen LogP contribution is 2.18. The lowest BCUT2D eigenvalue weighted by Crippen LogP contribution is -2.39. The highest BCUT2D eigenvalue weighted by Gasteiger charge is 2.19. The summed E-state index contributed by atoms with van der Waals surface area (Å²) in [5.41, 5.74) is 0. The standard InChI is InChI=1S/C10H21NO/c1-3-8(2)11-9-4-6-10(12)7-5-9/h8-12H,3-7H2,1-2H3/t8-,9?,10?/m0/s1. The van der Waals surface area contributed by atoms with Gasteiger partial charge in [0.1, 0.15) is 0 Å². The molecular weight excluding hydrogens is 150 g/mol. The van der Waals surface area contributed by atoms with E-state index in [1.165, 1.54) is 6.42 Å². The zero-order valence-electron chi connectivity index (χ0n) is 8.21. The Labute approximate surface area is 75.4 Å². The second-order valence-corrected chi connectivity index (χ2v) is 3.98. The van der Waals surface area contributed by atoms with Crippen molar-refractivity contribution in [3.63, 3.8) is 0 Å². The molecule has 1 saturated carbocycles. The molecule has 0 heterocycles. The molecule has 0 spiro atoms. The number of hydrogen-bond donors (Lipinski definition) is 2. The van der Waals surface area contributed by atoms with E-state index in [2.05, 4.69) is 19.2 Å². The molecule has 1 rings (SSSR count). The predicted octanol–water partition coefficient (Wildman–Crippen LogP) is 1.68. The monoisotopic (exact) mass is 171 g/mol. The van der Waals surface area contributed by atoms with Crippen molar-refractivity contribution < 1.29 is 5.11 Å². The van der Waals surface area contributed by atoms with E-state index in [9.17, 15) is 5.11 Å².